The molecular formula is C22H24N4O4S. The normalized spacial score (nSPS) is 14.6. The number of thiazole rings is 1. The van der Waals surface area contributed by atoms with Crippen molar-refractivity contribution in [2.24, 2.45) is 0 Å². The molecular weight excluding hydrogens is 416 g/mol. The zero-order valence-corrected chi connectivity index (χ0v) is 18.4. The second-order valence-corrected chi connectivity index (χ2v) is 8.62. The van der Waals surface area contributed by atoms with Crippen molar-refractivity contribution < 1.29 is 14.5 Å². The molecule has 1 aliphatic rings. The van der Waals surface area contributed by atoms with Gasteiger partial charge in [0.1, 0.15) is 0 Å². The van der Waals surface area contributed by atoms with Crippen molar-refractivity contribution in [3.63, 3.8) is 0 Å². The van der Waals surface area contributed by atoms with Gasteiger partial charge in [0.2, 0.25) is 0 Å². The van der Waals surface area contributed by atoms with E-state index < -0.39 is 4.92 Å². The Morgan fingerprint density at radius 3 is 2.77 bits per heavy atom. The van der Waals surface area contributed by atoms with Gasteiger partial charge in [-0.1, -0.05) is 23.5 Å². The van der Waals surface area contributed by atoms with Crippen LogP contribution in [0.3, 0.4) is 0 Å². The Balaban J connectivity index is 1.68. The third-order valence-electron chi connectivity index (χ3n) is 5.33. The number of amides is 1. The van der Waals surface area contributed by atoms with Gasteiger partial charge in [-0.2, -0.15) is 0 Å². The number of morpholine rings is 1. The molecule has 0 unspecified atom stereocenters. The van der Waals surface area contributed by atoms with Gasteiger partial charge in [-0.3, -0.25) is 24.7 Å². The number of nitro groups is 1. The minimum absolute atomic E-state index is 0.102. The van der Waals surface area contributed by atoms with E-state index in [0.717, 1.165) is 34.4 Å². The number of hydrogen-bond acceptors (Lipinski definition) is 7. The molecule has 1 aliphatic heterocycles. The number of nitro benzene ring substituents is 1. The molecule has 0 radical (unpaired) electrons. The second kappa shape index (κ2) is 9.09. The maximum absolute atomic E-state index is 13.4. The lowest BCUT2D eigenvalue weighted by Gasteiger charge is -2.29. The lowest BCUT2D eigenvalue weighted by atomic mass is 10.1. The zero-order chi connectivity index (χ0) is 22.0. The summed E-state index contributed by atoms with van der Waals surface area (Å²) in [4.78, 5) is 32.8. The van der Waals surface area contributed by atoms with Crippen LogP contribution in [0.4, 0.5) is 10.8 Å². The predicted molar refractivity (Wildman–Crippen MR) is 121 cm³/mol. The smallest absolute Gasteiger partial charge is 0.270 e. The van der Waals surface area contributed by atoms with Crippen LogP contribution >= 0.6 is 11.3 Å². The molecule has 3 aromatic rings. The number of non-ortho nitro benzene ring substituents is 1. The number of carbonyl (C=O) groups is 1. The van der Waals surface area contributed by atoms with E-state index in [1.54, 1.807) is 11.0 Å². The molecule has 0 spiro atoms. The van der Waals surface area contributed by atoms with E-state index in [2.05, 4.69) is 11.0 Å². The van der Waals surface area contributed by atoms with Crippen molar-refractivity contribution in [2.45, 2.75) is 13.8 Å². The molecule has 162 valence electrons. The molecule has 0 aliphatic carbocycles. The molecule has 1 fully saturated rings. The van der Waals surface area contributed by atoms with Crippen molar-refractivity contribution in [3.8, 4) is 0 Å². The van der Waals surface area contributed by atoms with Crippen LogP contribution in [0.2, 0.25) is 0 Å². The highest BCUT2D eigenvalue weighted by atomic mass is 32.1. The highest BCUT2D eigenvalue weighted by molar-refractivity contribution is 7.22. The standard InChI is InChI=1S/C22H24N4O4S/c1-15-12-16(2)20-19(13-15)23-22(31-20)25(7-6-24-8-10-30-11-9-24)21(27)17-4-3-5-18(14-17)26(28)29/h3-5,12-14H,6-11H2,1-2H3. The first-order valence-corrected chi connectivity index (χ1v) is 11.0. The van der Waals surface area contributed by atoms with Gasteiger partial charge in [0.25, 0.3) is 11.6 Å². The number of benzene rings is 2. The van der Waals surface area contributed by atoms with Crippen molar-refractivity contribution in [2.75, 3.05) is 44.3 Å². The van der Waals surface area contributed by atoms with E-state index in [1.807, 2.05) is 19.9 Å². The first-order valence-electron chi connectivity index (χ1n) is 10.2. The molecule has 4 rings (SSSR count). The van der Waals surface area contributed by atoms with Gasteiger partial charge in [0, 0.05) is 43.9 Å². The number of ether oxygens (including phenoxy) is 1. The van der Waals surface area contributed by atoms with Gasteiger partial charge in [0.05, 0.1) is 28.4 Å². The van der Waals surface area contributed by atoms with E-state index in [1.165, 1.54) is 29.5 Å². The summed E-state index contributed by atoms with van der Waals surface area (Å²) in [5, 5.41) is 11.8. The summed E-state index contributed by atoms with van der Waals surface area (Å²) in [6, 6.07) is 9.98. The van der Waals surface area contributed by atoms with Gasteiger partial charge in [-0.05, 0) is 37.1 Å². The molecule has 0 atom stereocenters. The van der Waals surface area contributed by atoms with Crippen molar-refractivity contribution in [1.29, 1.82) is 0 Å². The monoisotopic (exact) mass is 440 g/mol. The Bertz CT molecular complexity index is 1120. The predicted octanol–water partition coefficient (Wildman–Crippen LogP) is 3.80. The maximum atomic E-state index is 13.4. The molecule has 8 nitrogen and oxygen atoms in total. The van der Waals surface area contributed by atoms with Crippen LogP contribution in [-0.4, -0.2) is 60.1 Å². The van der Waals surface area contributed by atoms with E-state index in [-0.39, 0.29) is 17.2 Å². The molecule has 0 saturated carbocycles. The summed E-state index contributed by atoms with van der Waals surface area (Å²) in [6.45, 7) is 8.18. The molecule has 0 bridgehead atoms. The van der Waals surface area contributed by atoms with Crippen molar-refractivity contribution in [3.05, 3.63) is 63.2 Å². The number of fused-ring (bicyclic) bond motifs is 1. The van der Waals surface area contributed by atoms with E-state index >= 15 is 0 Å². The molecule has 1 saturated heterocycles. The molecule has 0 N–H and O–H groups in total. The molecule has 1 aromatic heterocycles. The third-order valence-corrected chi connectivity index (χ3v) is 6.56. The number of nitrogens with zero attached hydrogens (tertiary/aromatic N) is 4. The quantitative estimate of drug-likeness (QED) is 0.428. The average molecular weight is 441 g/mol. The minimum atomic E-state index is -0.487. The van der Waals surface area contributed by atoms with E-state index in [4.69, 9.17) is 9.72 Å². The van der Waals surface area contributed by atoms with Crippen molar-refractivity contribution >= 4 is 38.3 Å². The molecule has 2 aromatic carbocycles. The summed E-state index contributed by atoms with van der Waals surface area (Å²) in [6.07, 6.45) is 0. The second-order valence-electron chi connectivity index (χ2n) is 7.64. The maximum Gasteiger partial charge on any atom is 0.270 e. The average Bonchev–Trinajstić information content (AvgIpc) is 3.18. The Kier molecular flexibility index (Phi) is 6.26. The fourth-order valence-electron chi connectivity index (χ4n) is 3.74. The summed E-state index contributed by atoms with van der Waals surface area (Å²) < 4.78 is 6.46. The molecule has 9 heteroatoms. The van der Waals surface area contributed by atoms with Gasteiger partial charge in [-0.15, -0.1) is 0 Å². The first kappa shape index (κ1) is 21.4. The Hall–Kier alpha value is -2.88. The van der Waals surface area contributed by atoms with Crippen LogP contribution < -0.4 is 4.90 Å². The fraction of sp³-hybridized carbons (Fsp3) is 0.364. The minimum Gasteiger partial charge on any atom is -0.379 e. The van der Waals surface area contributed by atoms with Crippen LogP contribution in [0.1, 0.15) is 21.5 Å². The summed E-state index contributed by atoms with van der Waals surface area (Å²) >= 11 is 1.48. The third kappa shape index (κ3) is 4.73. The van der Waals surface area contributed by atoms with Gasteiger partial charge in [0.15, 0.2) is 5.13 Å². The highest BCUT2D eigenvalue weighted by Gasteiger charge is 2.24. The SMILES string of the molecule is Cc1cc(C)c2sc(N(CCN3CCOCC3)C(=O)c3cccc([N+](=O)[O-])c3)nc2c1. The summed E-state index contributed by atoms with van der Waals surface area (Å²) in [5.74, 6) is -0.287. The number of rotatable bonds is 6. The zero-order valence-electron chi connectivity index (χ0n) is 17.5. The van der Waals surface area contributed by atoms with Crippen LogP contribution in [0.5, 0.6) is 0 Å². The lowest BCUT2D eigenvalue weighted by Crippen LogP contribution is -2.43. The molecule has 31 heavy (non-hydrogen) atoms. The molecule has 1 amide bonds. The van der Waals surface area contributed by atoms with Crippen molar-refractivity contribution in [1.82, 2.24) is 9.88 Å². The Labute approximate surface area is 184 Å². The summed E-state index contributed by atoms with van der Waals surface area (Å²) in [5.41, 5.74) is 3.28. The van der Waals surface area contributed by atoms with Crippen LogP contribution in [0, 0.1) is 24.0 Å². The Morgan fingerprint density at radius 2 is 2.03 bits per heavy atom. The number of carbonyl (C=O) groups excluding carboxylic acids is 1. The Morgan fingerprint density at radius 1 is 1.26 bits per heavy atom. The molecule has 2 heterocycles. The first-order chi connectivity index (χ1) is 14.9. The highest BCUT2D eigenvalue weighted by Crippen LogP contribution is 2.33. The van der Waals surface area contributed by atoms with Crippen LogP contribution in [-0.2, 0) is 4.74 Å². The van der Waals surface area contributed by atoms with Gasteiger partial charge >= 0.3 is 0 Å². The van der Waals surface area contributed by atoms with Crippen LogP contribution in [0.25, 0.3) is 10.2 Å². The van der Waals surface area contributed by atoms with Crippen LogP contribution in [0.15, 0.2) is 36.4 Å². The topological polar surface area (TPSA) is 88.8 Å². The fourth-order valence-corrected chi connectivity index (χ4v) is 4.78. The largest absolute Gasteiger partial charge is 0.379 e. The van der Waals surface area contributed by atoms with Gasteiger partial charge < -0.3 is 4.74 Å². The van der Waals surface area contributed by atoms with E-state index in [0.29, 0.717) is 31.4 Å². The summed E-state index contributed by atoms with van der Waals surface area (Å²) in [7, 11) is 0. The number of hydrogen-bond donors (Lipinski definition) is 0. The van der Waals surface area contributed by atoms with E-state index in [9.17, 15) is 14.9 Å². The number of anilines is 1. The lowest BCUT2D eigenvalue weighted by molar-refractivity contribution is -0.384. The number of aromatic nitrogens is 1. The number of aryl methyl sites for hydroxylation is 2. The van der Waals surface area contributed by atoms with Gasteiger partial charge in [-0.25, -0.2) is 4.98 Å².